The highest BCUT2D eigenvalue weighted by Gasteiger charge is 2.29. The fourth-order valence-electron chi connectivity index (χ4n) is 1.73. The molecule has 0 N–H and O–H groups in total. The van der Waals surface area contributed by atoms with E-state index in [2.05, 4.69) is 13.8 Å². The molecule has 1 aliphatic rings. The van der Waals surface area contributed by atoms with Crippen LogP contribution in [0.3, 0.4) is 0 Å². The number of halogens is 1. The van der Waals surface area contributed by atoms with Gasteiger partial charge in [-0.3, -0.25) is 0 Å². The van der Waals surface area contributed by atoms with Gasteiger partial charge in [0.05, 0.1) is 18.6 Å². The quantitative estimate of drug-likeness (QED) is 0.659. The van der Waals surface area contributed by atoms with E-state index in [9.17, 15) is 0 Å². The van der Waals surface area contributed by atoms with E-state index in [1.165, 1.54) is 0 Å². The van der Waals surface area contributed by atoms with Gasteiger partial charge in [0, 0.05) is 5.92 Å². The van der Waals surface area contributed by atoms with Crippen LogP contribution in [0.1, 0.15) is 33.1 Å². The smallest absolute Gasteiger partial charge is 0.171 e. The third-order valence-corrected chi connectivity index (χ3v) is 2.82. The maximum Gasteiger partial charge on any atom is 0.171 e. The minimum Gasteiger partial charge on any atom is -0.351 e. The molecule has 3 unspecified atom stereocenters. The Morgan fingerprint density at radius 3 is 2.69 bits per heavy atom. The summed E-state index contributed by atoms with van der Waals surface area (Å²) in [6, 6.07) is 0. The molecule has 0 amide bonds. The van der Waals surface area contributed by atoms with E-state index in [0.29, 0.717) is 17.9 Å². The predicted molar refractivity (Wildman–Crippen MR) is 54.0 cm³/mol. The van der Waals surface area contributed by atoms with Crippen LogP contribution in [0.15, 0.2) is 0 Å². The van der Waals surface area contributed by atoms with Crippen molar-refractivity contribution in [2.45, 2.75) is 45.5 Å². The van der Waals surface area contributed by atoms with Crippen LogP contribution in [-0.4, -0.2) is 24.9 Å². The van der Waals surface area contributed by atoms with Crippen LogP contribution in [0.5, 0.6) is 0 Å². The van der Waals surface area contributed by atoms with Gasteiger partial charge in [-0.2, -0.15) is 0 Å². The van der Waals surface area contributed by atoms with Crippen molar-refractivity contribution >= 4 is 11.6 Å². The van der Waals surface area contributed by atoms with Gasteiger partial charge in [-0.25, -0.2) is 0 Å². The first-order valence-electron chi connectivity index (χ1n) is 5.14. The fraction of sp³-hybridized carbons (Fsp3) is 1.00. The van der Waals surface area contributed by atoms with Crippen LogP contribution in [-0.2, 0) is 9.47 Å². The Hall–Kier alpha value is 0.210. The van der Waals surface area contributed by atoms with Gasteiger partial charge in [0.25, 0.3) is 0 Å². The molecule has 3 atom stereocenters. The highest BCUT2D eigenvalue weighted by atomic mass is 35.5. The molecule has 0 radical (unpaired) electrons. The molecule has 0 bridgehead atoms. The second-order valence-electron chi connectivity index (χ2n) is 3.55. The number of rotatable bonds is 4. The zero-order valence-corrected chi connectivity index (χ0v) is 9.22. The monoisotopic (exact) mass is 206 g/mol. The topological polar surface area (TPSA) is 18.5 Å². The minimum absolute atomic E-state index is 0.180. The summed E-state index contributed by atoms with van der Waals surface area (Å²) in [5.41, 5.74) is 0. The third kappa shape index (κ3) is 3.12. The molecule has 0 aromatic rings. The first kappa shape index (κ1) is 11.3. The molecule has 1 heterocycles. The summed E-state index contributed by atoms with van der Waals surface area (Å²) in [6.45, 7) is 5.17. The van der Waals surface area contributed by atoms with Crippen molar-refractivity contribution in [2.24, 2.45) is 5.92 Å². The molecule has 3 heteroatoms. The molecular weight excluding hydrogens is 188 g/mol. The molecule has 0 spiro atoms. The number of alkyl halides is 1. The summed E-state index contributed by atoms with van der Waals surface area (Å²) in [5.74, 6) is 0.996. The average molecular weight is 207 g/mol. The normalized spacial score (nSPS) is 34.8. The van der Waals surface area contributed by atoms with Gasteiger partial charge in [0.2, 0.25) is 0 Å². The summed E-state index contributed by atoms with van der Waals surface area (Å²) >= 11 is 5.69. The molecule has 1 fully saturated rings. The second kappa shape index (κ2) is 5.84. The van der Waals surface area contributed by atoms with Gasteiger partial charge in [0.15, 0.2) is 6.29 Å². The molecule has 0 saturated carbocycles. The van der Waals surface area contributed by atoms with Crippen molar-refractivity contribution in [3.63, 3.8) is 0 Å². The molecule has 13 heavy (non-hydrogen) atoms. The molecule has 0 aromatic heterocycles. The zero-order valence-electron chi connectivity index (χ0n) is 8.46. The lowest BCUT2D eigenvalue weighted by molar-refractivity contribution is -0.227. The molecule has 1 aliphatic heterocycles. The molecule has 78 valence electrons. The van der Waals surface area contributed by atoms with Gasteiger partial charge >= 0.3 is 0 Å². The second-order valence-corrected chi connectivity index (χ2v) is 3.86. The van der Waals surface area contributed by atoms with Crippen LogP contribution < -0.4 is 0 Å². The number of ether oxygens (including phenoxy) is 2. The van der Waals surface area contributed by atoms with Crippen LogP contribution in [0.4, 0.5) is 0 Å². The van der Waals surface area contributed by atoms with E-state index >= 15 is 0 Å². The van der Waals surface area contributed by atoms with Crippen LogP contribution in [0.25, 0.3) is 0 Å². The molecule has 1 saturated heterocycles. The zero-order chi connectivity index (χ0) is 9.68. The van der Waals surface area contributed by atoms with Crippen molar-refractivity contribution in [3.05, 3.63) is 0 Å². The van der Waals surface area contributed by atoms with Crippen molar-refractivity contribution < 1.29 is 9.47 Å². The molecule has 0 aliphatic carbocycles. The van der Waals surface area contributed by atoms with E-state index in [0.717, 1.165) is 25.9 Å². The fourth-order valence-corrected chi connectivity index (χ4v) is 1.90. The van der Waals surface area contributed by atoms with Gasteiger partial charge in [-0.05, 0) is 12.8 Å². The predicted octanol–water partition coefficient (Wildman–Crippen LogP) is 2.79. The molecule has 0 aromatic carbocycles. The van der Waals surface area contributed by atoms with Crippen molar-refractivity contribution in [2.75, 3.05) is 12.5 Å². The van der Waals surface area contributed by atoms with Gasteiger partial charge in [-0.1, -0.05) is 20.3 Å². The maximum absolute atomic E-state index is 5.73. The summed E-state index contributed by atoms with van der Waals surface area (Å²) in [5, 5.41) is 0. The molecule has 2 nitrogen and oxygen atoms in total. The van der Waals surface area contributed by atoms with Crippen molar-refractivity contribution in [1.82, 2.24) is 0 Å². The lowest BCUT2D eigenvalue weighted by Crippen LogP contribution is -2.40. The largest absolute Gasteiger partial charge is 0.351 e. The van der Waals surface area contributed by atoms with E-state index < -0.39 is 0 Å². The van der Waals surface area contributed by atoms with Gasteiger partial charge in [0.1, 0.15) is 0 Å². The first-order chi connectivity index (χ1) is 6.31. The van der Waals surface area contributed by atoms with Gasteiger partial charge in [-0.15, -0.1) is 11.6 Å². The van der Waals surface area contributed by atoms with Crippen molar-refractivity contribution in [3.8, 4) is 0 Å². The van der Waals surface area contributed by atoms with Crippen LogP contribution >= 0.6 is 11.6 Å². The Balaban J connectivity index is 2.42. The third-order valence-electron chi connectivity index (χ3n) is 2.57. The summed E-state index contributed by atoms with van der Waals surface area (Å²) in [4.78, 5) is 0. The summed E-state index contributed by atoms with van der Waals surface area (Å²) in [7, 11) is 0. The Morgan fingerprint density at radius 2 is 2.15 bits per heavy atom. The van der Waals surface area contributed by atoms with Gasteiger partial charge < -0.3 is 9.47 Å². The molecular formula is C10H19ClO2. The Bertz CT molecular complexity index is 141. The lowest BCUT2D eigenvalue weighted by Gasteiger charge is -2.35. The molecule has 1 rings (SSSR count). The van der Waals surface area contributed by atoms with Crippen LogP contribution in [0, 0.1) is 5.92 Å². The SMILES string of the molecule is CCCC1OC(CCl)OCC1CC. The summed E-state index contributed by atoms with van der Waals surface area (Å²) < 4.78 is 11.2. The van der Waals surface area contributed by atoms with E-state index in [4.69, 9.17) is 21.1 Å². The van der Waals surface area contributed by atoms with Crippen LogP contribution in [0.2, 0.25) is 0 Å². The van der Waals surface area contributed by atoms with E-state index in [1.807, 2.05) is 0 Å². The Labute approximate surface area is 85.5 Å². The highest BCUT2D eigenvalue weighted by Crippen LogP contribution is 2.25. The Morgan fingerprint density at radius 1 is 1.38 bits per heavy atom. The number of hydrogen-bond donors (Lipinski definition) is 0. The standard InChI is InChI=1S/C10H19ClO2/c1-3-5-9-8(4-2)7-12-10(6-11)13-9/h8-10H,3-7H2,1-2H3. The van der Waals surface area contributed by atoms with Crippen molar-refractivity contribution in [1.29, 1.82) is 0 Å². The van der Waals surface area contributed by atoms with E-state index in [1.54, 1.807) is 0 Å². The highest BCUT2D eigenvalue weighted by molar-refractivity contribution is 6.18. The number of hydrogen-bond acceptors (Lipinski definition) is 2. The maximum atomic E-state index is 5.73. The first-order valence-corrected chi connectivity index (χ1v) is 5.68. The lowest BCUT2D eigenvalue weighted by atomic mass is 9.96. The minimum atomic E-state index is -0.180. The summed E-state index contributed by atoms with van der Waals surface area (Å²) in [6.07, 6.45) is 3.58. The van der Waals surface area contributed by atoms with E-state index in [-0.39, 0.29) is 6.29 Å². The Kier molecular flexibility index (Phi) is 5.07. The average Bonchev–Trinajstić information content (AvgIpc) is 2.18.